The third kappa shape index (κ3) is 5.47. The zero-order valence-electron chi connectivity index (χ0n) is 16.5. The summed E-state index contributed by atoms with van der Waals surface area (Å²) in [6, 6.07) is 3.62. The van der Waals surface area contributed by atoms with Gasteiger partial charge in [0.2, 0.25) is 0 Å². The van der Waals surface area contributed by atoms with Crippen LogP contribution in [0.4, 0.5) is 21.6 Å². The number of hydrogen-bond acceptors (Lipinski definition) is 7. The summed E-state index contributed by atoms with van der Waals surface area (Å²) in [5.74, 6) is -0.278. The lowest BCUT2D eigenvalue weighted by molar-refractivity contribution is -0.115. The molecule has 1 amide bonds. The normalized spacial score (nSPS) is 15.2. The maximum atomic E-state index is 13.2. The maximum Gasteiger partial charge on any atom is 0.265 e. The van der Waals surface area contributed by atoms with E-state index in [1.54, 1.807) is 13.8 Å². The third-order valence-corrected chi connectivity index (χ3v) is 4.84. The number of carbonyl (C=O) groups is 1. The first-order chi connectivity index (χ1) is 13.9. The van der Waals surface area contributed by atoms with Gasteiger partial charge in [-0.25, -0.2) is 19.4 Å². The second-order valence-electron chi connectivity index (χ2n) is 7.04. The van der Waals surface area contributed by atoms with Crippen LogP contribution in [0.3, 0.4) is 0 Å². The first-order valence-electron chi connectivity index (χ1n) is 9.55. The van der Waals surface area contributed by atoms with Crippen LogP contribution in [0.15, 0.2) is 29.5 Å². The van der Waals surface area contributed by atoms with Crippen LogP contribution in [0, 0.1) is 18.7 Å². The summed E-state index contributed by atoms with van der Waals surface area (Å²) in [7, 11) is 0. The van der Waals surface area contributed by atoms with Gasteiger partial charge in [0, 0.05) is 12.6 Å². The Balaban J connectivity index is 1.75. The van der Waals surface area contributed by atoms with Gasteiger partial charge < -0.3 is 21.1 Å². The van der Waals surface area contributed by atoms with E-state index in [4.69, 9.17) is 0 Å². The fourth-order valence-electron chi connectivity index (χ4n) is 3.10. The number of nitrogens with zero attached hydrogens (tertiary/aromatic N) is 3. The summed E-state index contributed by atoms with van der Waals surface area (Å²) in [4.78, 5) is 25.2. The minimum absolute atomic E-state index is 0.248. The third-order valence-electron chi connectivity index (χ3n) is 4.84. The van der Waals surface area contributed by atoms with E-state index >= 15 is 0 Å². The number of phenolic OH excluding ortho intramolecular Hbond substituents is 1. The molecule has 1 aromatic carbocycles. The van der Waals surface area contributed by atoms with Crippen molar-refractivity contribution in [3.8, 4) is 5.75 Å². The molecule has 1 fully saturated rings. The second-order valence-corrected chi connectivity index (χ2v) is 7.04. The maximum absolute atomic E-state index is 13.2. The van der Waals surface area contributed by atoms with Gasteiger partial charge in [-0.3, -0.25) is 4.79 Å². The van der Waals surface area contributed by atoms with E-state index in [2.05, 4.69) is 30.9 Å². The number of amides is 1. The summed E-state index contributed by atoms with van der Waals surface area (Å²) < 4.78 is 13.2. The van der Waals surface area contributed by atoms with E-state index in [9.17, 15) is 14.3 Å². The van der Waals surface area contributed by atoms with Crippen molar-refractivity contribution in [2.45, 2.75) is 26.7 Å². The molecule has 0 radical (unpaired) electrons. The molecule has 9 heteroatoms. The smallest absolute Gasteiger partial charge is 0.265 e. The fraction of sp³-hybridized carbons (Fsp3) is 0.400. The molecule has 4 N–H and O–H groups in total. The molecule has 0 unspecified atom stereocenters. The number of benzene rings is 1. The van der Waals surface area contributed by atoms with Gasteiger partial charge in [-0.1, -0.05) is 0 Å². The molecule has 29 heavy (non-hydrogen) atoms. The van der Waals surface area contributed by atoms with Gasteiger partial charge in [0.25, 0.3) is 5.91 Å². The summed E-state index contributed by atoms with van der Waals surface area (Å²) in [5.41, 5.74) is 1.50. The highest BCUT2D eigenvalue weighted by Crippen LogP contribution is 2.32. The van der Waals surface area contributed by atoms with Crippen molar-refractivity contribution in [1.82, 2.24) is 20.6 Å². The molecule has 2 heterocycles. The van der Waals surface area contributed by atoms with Crippen LogP contribution in [0.25, 0.3) is 0 Å². The van der Waals surface area contributed by atoms with E-state index in [-0.39, 0.29) is 23.1 Å². The van der Waals surface area contributed by atoms with Crippen molar-refractivity contribution in [3.63, 3.8) is 0 Å². The van der Waals surface area contributed by atoms with Gasteiger partial charge in [-0.2, -0.15) is 0 Å². The number of aromatic hydroxyl groups is 1. The van der Waals surface area contributed by atoms with E-state index in [0.717, 1.165) is 32.0 Å². The monoisotopic (exact) mass is 400 g/mol. The summed E-state index contributed by atoms with van der Waals surface area (Å²) >= 11 is 0. The Kier molecular flexibility index (Phi) is 6.71. The minimum Gasteiger partial charge on any atom is -0.506 e. The number of hydrogen-bond donors (Lipinski definition) is 4. The number of rotatable bonds is 6. The van der Waals surface area contributed by atoms with Crippen molar-refractivity contribution in [2.75, 3.05) is 25.0 Å². The van der Waals surface area contributed by atoms with E-state index in [1.807, 2.05) is 0 Å². The van der Waals surface area contributed by atoms with E-state index in [0.29, 0.717) is 29.7 Å². The number of anilines is 2. The van der Waals surface area contributed by atoms with Crippen molar-refractivity contribution < 1.29 is 14.3 Å². The quantitative estimate of drug-likeness (QED) is 0.438. The zero-order valence-corrected chi connectivity index (χ0v) is 16.5. The molecule has 1 aliphatic heterocycles. The number of aromatic nitrogens is 2. The highest BCUT2D eigenvalue weighted by Gasteiger charge is 2.16. The summed E-state index contributed by atoms with van der Waals surface area (Å²) in [6.45, 7) is 5.94. The Hall–Kier alpha value is -3.07. The molecule has 0 aliphatic carbocycles. The molecule has 0 spiro atoms. The van der Waals surface area contributed by atoms with Crippen LogP contribution < -0.4 is 16.0 Å². The second kappa shape index (κ2) is 9.42. The number of halogens is 1. The summed E-state index contributed by atoms with van der Waals surface area (Å²) in [6.07, 6.45) is 3.43. The highest BCUT2D eigenvalue weighted by molar-refractivity contribution is 6.38. The Bertz CT molecular complexity index is 912. The molecule has 154 valence electrons. The first-order valence-corrected chi connectivity index (χ1v) is 9.55. The zero-order chi connectivity index (χ0) is 20.8. The minimum atomic E-state index is -0.550. The lowest BCUT2D eigenvalue weighted by Gasteiger charge is -2.22. The summed E-state index contributed by atoms with van der Waals surface area (Å²) in [5, 5.41) is 19.1. The van der Waals surface area contributed by atoms with Crippen LogP contribution in [0.2, 0.25) is 0 Å². The van der Waals surface area contributed by atoms with Gasteiger partial charge in [0.1, 0.15) is 29.3 Å². The average Bonchev–Trinajstić information content (AvgIpc) is 2.71. The molecule has 0 bridgehead atoms. The van der Waals surface area contributed by atoms with Crippen LogP contribution in [0.5, 0.6) is 5.75 Å². The van der Waals surface area contributed by atoms with E-state index in [1.165, 1.54) is 18.5 Å². The van der Waals surface area contributed by atoms with Crippen molar-refractivity contribution in [3.05, 3.63) is 36.0 Å². The number of aryl methyl sites for hydroxylation is 1. The number of nitrogens with one attached hydrogen (secondary N) is 3. The first kappa shape index (κ1) is 20.7. The Morgan fingerprint density at radius 3 is 2.83 bits per heavy atom. The molecule has 3 rings (SSSR count). The number of piperidine rings is 1. The number of aliphatic imine (C=N–C) groups is 1. The Labute approximate surface area is 168 Å². The Morgan fingerprint density at radius 1 is 1.34 bits per heavy atom. The van der Waals surface area contributed by atoms with Crippen LogP contribution in [0.1, 0.15) is 25.5 Å². The van der Waals surface area contributed by atoms with E-state index < -0.39 is 5.82 Å². The number of carbonyl (C=O) groups excluding carboxylic acids is 1. The number of phenols is 1. The lowest BCUT2D eigenvalue weighted by atomic mass is 9.98. The lowest BCUT2D eigenvalue weighted by Crippen LogP contribution is -2.38. The predicted octanol–water partition coefficient (Wildman–Crippen LogP) is 2.58. The molecular weight excluding hydrogens is 375 g/mol. The van der Waals surface area contributed by atoms with Crippen molar-refractivity contribution in [2.24, 2.45) is 10.9 Å². The van der Waals surface area contributed by atoms with Crippen LogP contribution >= 0.6 is 0 Å². The molecule has 1 aromatic heterocycles. The fourth-order valence-corrected chi connectivity index (χ4v) is 3.10. The van der Waals surface area contributed by atoms with Gasteiger partial charge in [0.15, 0.2) is 5.82 Å². The molecule has 1 aliphatic rings. The predicted molar refractivity (Wildman–Crippen MR) is 109 cm³/mol. The molecule has 0 atom stereocenters. The Morgan fingerprint density at radius 2 is 2.10 bits per heavy atom. The standard InChI is InChI=1S/C20H25FN6O2/c1-12-18(26-13(2)20(29)23-10-14-5-7-22-8-6-14)19(25-11-24-12)27-16-4-3-15(21)9-17(16)28/h3-4,9,11,14,22,28H,5-8,10H2,1-2H3,(H,23,29)(H,24,25,27). The van der Waals surface area contributed by atoms with Crippen molar-refractivity contribution >= 4 is 28.8 Å². The SMILES string of the molecule is CC(=Nc1c(C)ncnc1Nc1ccc(F)cc1O)C(=O)NCC1CCNCC1. The van der Waals surface area contributed by atoms with Crippen LogP contribution in [-0.4, -0.2) is 46.3 Å². The van der Waals surface area contributed by atoms with Gasteiger partial charge in [-0.15, -0.1) is 0 Å². The topological polar surface area (TPSA) is 112 Å². The molecular formula is C20H25FN6O2. The molecule has 2 aromatic rings. The van der Waals surface area contributed by atoms with Crippen molar-refractivity contribution in [1.29, 1.82) is 0 Å². The van der Waals surface area contributed by atoms with Gasteiger partial charge >= 0.3 is 0 Å². The highest BCUT2D eigenvalue weighted by atomic mass is 19.1. The van der Waals surface area contributed by atoms with Gasteiger partial charge in [-0.05, 0) is 57.8 Å². The average molecular weight is 400 g/mol. The molecule has 0 saturated carbocycles. The largest absolute Gasteiger partial charge is 0.506 e. The van der Waals surface area contributed by atoms with Crippen LogP contribution in [-0.2, 0) is 4.79 Å². The molecule has 1 saturated heterocycles. The molecule has 8 nitrogen and oxygen atoms in total. The van der Waals surface area contributed by atoms with Gasteiger partial charge in [0.05, 0.1) is 11.4 Å².